The van der Waals surface area contributed by atoms with Crippen LogP contribution in [-0.2, 0) is 6.54 Å². The Labute approximate surface area is 164 Å². The van der Waals surface area contributed by atoms with Crippen molar-refractivity contribution in [2.75, 3.05) is 26.2 Å². The summed E-state index contributed by atoms with van der Waals surface area (Å²) in [6, 6.07) is 5.96. The minimum absolute atomic E-state index is 0.00764. The lowest BCUT2D eigenvalue weighted by Gasteiger charge is -2.34. The normalized spacial score (nSPS) is 15.3. The van der Waals surface area contributed by atoms with E-state index in [0.29, 0.717) is 49.5 Å². The summed E-state index contributed by atoms with van der Waals surface area (Å²) in [4.78, 5) is 20.7. The van der Waals surface area contributed by atoms with E-state index in [9.17, 15) is 9.18 Å². The van der Waals surface area contributed by atoms with Gasteiger partial charge in [0.15, 0.2) is 0 Å². The van der Waals surface area contributed by atoms with Crippen molar-refractivity contribution in [1.29, 1.82) is 0 Å². The lowest BCUT2D eigenvalue weighted by Crippen LogP contribution is -2.48. The van der Waals surface area contributed by atoms with Gasteiger partial charge in [0.1, 0.15) is 5.82 Å². The van der Waals surface area contributed by atoms with E-state index in [2.05, 4.69) is 15.0 Å². The Morgan fingerprint density at radius 2 is 2.07 bits per heavy atom. The van der Waals surface area contributed by atoms with E-state index < -0.39 is 5.82 Å². The lowest BCUT2D eigenvalue weighted by molar-refractivity contribution is 0.0610. The first-order chi connectivity index (χ1) is 13.1. The zero-order chi connectivity index (χ0) is 18.8. The van der Waals surface area contributed by atoms with Crippen molar-refractivity contribution in [3.63, 3.8) is 0 Å². The number of halogens is 2. The van der Waals surface area contributed by atoms with E-state index >= 15 is 0 Å². The predicted molar refractivity (Wildman–Crippen MR) is 100 cm³/mol. The van der Waals surface area contributed by atoms with Gasteiger partial charge in [-0.3, -0.25) is 9.69 Å². The third-order valence-electron chi connectivity index (χ3n) is 4.42. The molecule has 6 nitrogen and oxygen atoms in total. The van der Waals surface area contributed by atoms with Crippen molar-refractivity contribution >= 4 is 28.8 Å². The fourth-order valence-electron chi connectivity index (χ4n) is 2.96. The molecule has 1 aliphatic heterocycles. The summed E-state index contributed by atoms with van der Waals surface area (Å²) in [7, 11) is 0. The van der Waals surface area contributed by atoms with Crippen molar-refractivity contribution in [2.24, 2.45) is 0 Å². The molecule has 0 spiro atoms. The monoisotopic (exact) mass is 406 g/mol. The molecule has 1 amide bonds. The Balaban J connectivity index is 1.35. The van der Waals surface area contributed by atoms with Crippen molar-refractivity contribution < 1.29 is 13.7 Å². The molecule has 27 heavy (non-hydrogen) atoms. The highest BCUT2D eigenvalue weighted by atomic mass is 35.5. The summed E-state index contributed by atoms with van der Waals surface area (Å²) in [6.07, 6.45) is 0. The van der Waals surface area contributed by atoms with E-state index in [1.54, 1.807) is 16.2 Å². The minimum Gasteiger partial charge on any atom is -0.338 e. The molecule has 0 bridgehead atoms. The summed E-state index contributed by atoms with van der Waals surface area (Å²) < 4.78 is 19.2. The number of carbonyl (C=O) groups excluding carboxylic acids is 1. The number of nitrogens with zero attached hydrogens (tertiary/aromatic N) is 4. The van der Waals surface area contributed by atoms with E-state index in [1.165, 1.54) is 18.2 Å². The van der Waals surface area contributed by atoms with Crippen molar-refractivity contribution in [2.45, 2.75) is 6.54 Å². The fourth-order valence-corrected chi connectivity index (χ4v) is 3.77. The van der Waals surface area contributed by atoms with Gasteiger partial charge in [0.2, 0.25) is 11.7 Å². The first-order valence-electron chi connectivity index (χ1n) is 8.42. The molecular formula is C18H16ClFN4O2S. The highest BCUT2D eigenvalue weighted by Crippen LogP contribution is 2.20. The number of thiophene rings is 1. The Kier molecular flexibility index (Phi) is 5.20. The van der Waals surface area contributed by atoms with Crippen LogP contribution in [0.1, 0.15) is 16.2 Å². The smallest absolute Gasteiger partial charge is 0.256 e. The second kappa shape index (κ2) is 7.75. The average Bonchev–Trinajstić information content (AvgIpc) is 3.35. The SMILES string of the molecule is O=C(c1cc(Cl)ccc1F)N1CCN(Cc2nc(-c3ccsc3)no2)CC1. The second-order valence-corrected chi connectivity index (χ2v) is 7.43. The Bertz CT molecular complexity index is 939. The Morgan fingerprint density at radius 1 is 1.26 bits per heavy atom. The van der Waals surface area contributed by atoms with Crippen LogP contribution in [0.3, 0.4) is 0 Å². The molecule has 2 aromatic heterocycles. The van der Waals surface area contributed by atoms with Gasteiger partial charge in [0.05, 0.1) is 12.1 Å². The van der Waals surface area contributed by atoms with Gasteiger partial charge in [0, 0.05) is 42.1 Å². The second-order valence-electron chi connectivity index (χ2n) is 6.22. The number of rotatable bonds is 4. The van der Waals surface area contributed by atoms with Crippen LogP contribution in [0, 0.1) is 5.82 Å². The van der Waals surface area contributed by atoms with Gasteiger partial charge in [0.25, 0.3) is 5.91 Å². The third-order valence-corrected chi connectivity index (χ3v) is 5.34. The maximum atomic E-state index is 13.9. The lowest BCUT2D eigenvalue weighted by atomic mass is 10.1. The summed E-state index contributed by atoms with van der Waals surface area (Å²) in [5, 5.41) is 8.27. The zero-order valence-corrected chi connectivity index (χ0v) is 15.8. The quantitative estimate of drug-likeness (QED) is 0.663. The highest BCUT2D eigenvalue weighted by Gasteiger charge is 2.25. The number of aromatic nitrogens is 2. The minimum atomic E-state index is -0.557. The van der Waals surface area contributed by atoms with Gasteiger partial charge in [-0.2, -0.15) is 16.3 Å². The molecule has 0 aliphatic carbocycles. The number of benzene rings is 1. The van der Waals surface area contributed by atoms with Crippen molar-refractivity contribution in [3.8, 4) is 11.4 Å². The summed E-state index contributed by atoms with van der Waals surface area (Å²) >= 11 is 7.46. The standard InChI is InChI=1S/C18H16ClFN4O2S/c19-13-1-2-15(20)14(9-13)18(25)24-6-4-23(5-7-24)10-16-21-17(22-26-16)12-3-8-27-11-12/h1-3,8-9,11H,4-7,10H2. The summed E-state index contributed by atoms with van der Waals surface area (Å²) in [6.45, 7) is 2.80. The van der Waals surface area contributed by atoms with Crippen LogP contribution in [-0.4, -0.2) is 52.0 Å². The molecular weight excluding hydrogens is 391 g/mol. The van der Waals surface area contributed by atoms with Gasteiger partial charge < -0.3 is 9.42 Å². The van der Waals surface area contributed by atoms with Crippen LogP contribution >= 0.6 is 22.9 Å². The molecule has 4 rings (SSSR count). The van der Waals surface area contributed by atoms with Crippen LogP contribution in [0.15, 0.2) is 39.5 Å². The number of amides is 1. The molecule has 3 heterocycles. The van der Waals surface area contributed by atoms with Gasteiger partial charge in [-0.1, -0.05) is 16.8 Å². The molecule has 1 saturated heterocycles. The molecule has 9 heteroatoms. The van der Waals surface area contributed by atoms with Gasteiger partial charge in [-0.05, 0) is 29.6 Å². The topological polar surface area (TPSA) is 62.5 Å². The molecule has 0 N–H and O–H groups in total. The van der Waals surface area contributed by atoms with E-state index in [1.807, 2.05) is 16.8 Å². The summed E-state index contributed by atoms with van der Waals surface area (Å²) in [5.41, 5.74) is 0.947. The molecule has 1 aromatic carbocycles. The molecule has 140 valence electrons. The largest absolute Gasteiger partial charge is 0.338 e. The predicted octanol–water partition coefficient (Wildman–Crippen LogP) is 3.55. The third kappa shape index (κ3) is 4.02. The number of hydrogen-bond donors (Lipinski definition) is 0. The van der Waals surface area contributed by atoms with Gasteiger partial charge >= 0.3 is 0 Å². The maximum Gasteiger partial charge on any atom is 0.256 e. The zero-order valence-electron chi connectivity index (χ0n) is 14.3. The summed E-state index contributed by atoms with van der Waals surface area (Å²) in [5.74, 6) is 0.221. The van der Waals surface area contributed by atoms with Crippen LogP contribution in [0.4, 0.5) is 4.39 Å². The maximum absolute atomic E-state index is 13.9. The van der Waals surface area contributed by atoms with Crippen molar-refractivity contribution in [1.82, 2.24) is 19.9 Å². The molecule has 1 fully saturated rings. The van der Waals surface area contributed by atoms with E-state index in [4.69, 9.17) is 16.1 Å². The number of piperazine rings is 1. The van der Waals surface area contributed by atoms with Crippen LogP contribution < -0.4 is 0 Å². The first-order valence-corrected chi connectivity index (χ1v) is 9.74. The van der Waals surface area contributed by atoms with E-state index in [-0.39, 0.29) is 11.5 Å². The van der Waals surface area contributed by atoms with Crippen LogP contribution in [0.2, 0.25) is 5.02 Å². The molecule has 0 saturated carbocycles. The molecule has 0 atom stereocenters. The van der Waals surface area contributed by atoms with Gasteiger partial charge in [-0.25, -0.2) is 4.39 Å². The van der Waals surface area contributed by atoms with E-state index in [0.717, 1.165) is 5.56 Å². The average molecular weight is 407 g/mol. The molecule has 0 unspecified atom stereocenters. The number of hydrogen-bond acceptors (Lipinski definition) is 6. The molecule has 3 aromatic rings. The van der Waals surface area contributed by atoms with Crippen molar-refractivity contribution in [3.05, 3.63) is 57.3 Å². The van der Waals surface area contributed by atoms with Crippen LogP contribution in [0.25, 0.3) is 11.4 Å². The molecule has 1 aliphatic rings. The number of carbonyl (C=O) groups is 1. The fraction of sp³-hybridized carbons (Fsp3) is 0.278. The Morgan fingerprint density at radius 3 is 2.81 bits per heavy atom. The highest BCUT2D eigenvalue weighted by molar-refractivity contribution is 7.08. The molecule has 0 radical (unpaired) electrons. The first kappa shape index (κ1) is 18.1. The Hall–Kier alpha value is -2.29. The van der Waals surface area contributed by atoms with Gasteiger partial charge in [-0.15, -0.1) is 0 Å². The van der Waals surface area contributed by atoms with Crippen LogP contribution in [0.5, 0.6) is 0 Å².